The highest BCUT2D eigenvalue weighted by Crippen LogP contribution is 2.35. The van der Waals surface area contributed by atoms with Gasteiger partial charge < -0.3 is 11.5 Å². The number of hydrogen-bond donors (Lipinski definition) is 2. The van der Waals surface area contributed by atoms with Gasteiger partial charge in [-0.25, -0.2) is 4.99 Å². The highest BCUT2D eigenvalue weighted by atomic mass is 35.5. The minimum atomic E-state index is -0.0970. The van der Waals surface area contributed by atoms with E-state index in [9.17, 15) is 0 Å². The van der Waals surface area contributed by atoms with Crippen LogP contribution in [0.4, 0.5) is 5.69 Å². The van der Waals surface area contributed by atoms with Crippen LogP contribution >= 0.6 is 34.8 Å². The van der Waals surface area contributed by atoms with Crippen molar-refractivity contribution in [1.29, 1.82) is 0 Å². The second-order valence-electron chi connectivity index (χ2n) is 2.26. The van der Waals surface area contributed by atoms with Crippen LogP contribution in [-0.4, -0.2) is 5.96 Å². The number of aliphatic imine (C=N–C) groups is 1. The van der Waals surface area contributed by atoms with Crippen LogP contribution in [0.1, 0.15) is 0 Å². The number of guanidine groups is 1. The molecule has 0 spiro atoms. The van der Waals surface area contributed by atoms with Crippen molar-refractivity contribution in [1.82, 2.24) is 0 Å². The fraction of sp³-hybridized carbons (Fsp3) is 0. The van der Waals surface area contributed by atoms with Gasteiger partial charge >= 0.3 is 0 Å². The van der Waals surface area contributed by atoms with Crippen molar-refractivity contribution in [3.8, 4) is 0 Å². The maximum absolute atomic E-state index is 5.80. The third kappa shape index (κ3) is 2.66. The van der Waals surface area contributed by atoms with Crippen LogP contribution in [0.2, 0.25) is 15.1 Å². The lowest BCUT2D eigenvalue weighted by atomic mass is 10.3. The van der Waals surface area contributed by atoms with Crippen molar-refractivity contribution in [2.45, 2.75) is 0 Å². The molecule has 0 aromatic heterocycles. The van der Waals surface area contributed by atoms with E-state index in [0.717, 1.165) is 0 Å². The van der Waals surface area contributed by atoms with Gasteiger partial charge in [-0.3, -0.25) is 0 Å². The van der Waals surface area contributed by atoms with Gasteiger partial charge in [0.05, 0.1) is 15.7 Å². The number of halogens is 3. The summed E-state index contributed by atoms with van der Waals surface area (Å²) in [6, 6.07) is 3.03. The number of nitrogens with two attached hydrogens (primary N) is 2. The molecule has 4 N–H and O–H groups in total. The SMILES string of the molecule is NC(N)=Nc1cc(Cl)cc(Cl)c1Cl. The van der Waals surface area contributed by atoms with Gasteiger partial charge in [0.15, 0.2) is 5.96 Å². The second-order valence-corrected chi connectivity index (χ2v) is 3.48. The van der Waals surface area contributed by atoms with Gasteiger partial charge in [0.2, 0.25) is 0 Å². The van der Waals surface area contributed by atoms with Crippen molar-refractivity contribution in [3.05, 3.63) is 27.2 Å². The molecule has 0 amide bonds. The first-order valence-corrected chi connectivity index (χ1v) is 4.38. The molecule has 13 heavy (non-hydrogen) atoms. The zero-order chi connectivity index (χ0) is 10.0. The predicted octanol–water partition coefficient (Wildman–Crippen LogP) is 2.55. The first-order valence-electron chi connectivity index (χ1n) is 3.25. The average molecular weight is 239 g/mol. The Kier molecular flexibility index (Phi) is 3.25. The minimum absolute atomic E-state index is 0.0970. The molecule has 0 heterocycles. The first-order chi connectivity index (χ1) is 6.00. The van der Waals surface area contributed by atoms with Crippen LogP contribution in [-0.2, 0) is 0 Å². The molecule has 1 rings (SSSR count). The van der Waals surface area contributed by atoms with Crippen LogP contribution in [0.15, 0.2) is 17.1 Å². The van der Waals surface area contributed by atoms with E-state index in [4.69, 9.17) is 46.3 Å². The van der Waals surface area contributed by atoms with Crippen molar-refractivity contribution >= 4 is 46.4 Å². The van der Waals surface area contributed by atoms with E-state index in [1.54, 1.807) is 0 Å². The Morgan fingerprint density at radius 2 is 1.77 bits per heavy atom. The van der Waals surface area contributed by atoms with E-state index in [-0.39, 0.29) is 11.0 Å². The summed E-state index contributed by atoms with van der Waals surface area (Å²) in [5.74, 6) is -0.0970. The normalized spacial score (nSPS) is 9.77. The topological polar surface area (TPSA) is 64.4 Å². The Bertz CT molecular complexity index is 358. The van der Waals surface area contributed by atoms with E-state index < -0.39 is 0 Å². The number of hydrogen-bond acceptors (Lipinski definition) is 1. The zero-order valence-corrected chi connectivity index (χ0v) is 8.66. The van der Waals surface area contributed by atoms with E-state index >= 15 is 0 Å². The van der Waals surface area contributed by atoms with Crippen molar-refractivity contribution in [2.75, 3.05) is 0 Å². The largest absolute Gasteiger partial charge is 0.370 e. The van der Waals surface area contributed by atoms with Crippen LogP contribution < -0.4 is 11.5 Å². The molecule has 0 atom stereocenters. The second kappa shape index (κ2) is 4.05. The number of rotatable bonds is 1. The van der Waals surface area contributed by atoms with E-state index in [0.29, 0.717) is 15.7 Å². The molecule has 1 aromatic carbocycles. The smallest absolute Gasteiger partial charge is 0.191 e. The molecule has 0 aliphatic heterocycles. The molecule has 3 nitrogen and oxygen atoms in total. The van der Waals surface area contributed by atoms with Gasteiger partial charge in [0.25, 0.3) is 0 Å². The third-order valence-corrected chi connectivity index (χ3v) is 2.23. The summed E-state index contributed by atoms with van der Waals surface area (Å²) >= 11 is 17.2. The lowest BCUT2D eigenvalue weighted by Gasteiger charge is -2.01. The summed E-state index contributed by atoms with van der Waals surface area (Å²) in [7, 11) is 0. The van der Waals surface area contributed by atoms with Gasteiger partial charge in [-0.05, 0) is 12.1 Å². The molecule has 6 heteroatoms. The molecule has 0 saturated carbocycles. The summed E-state index contributed by atoms with van der Waals surface area (Å²) in [5, 5.41) is 1.02. The Morgan fingerprint density at radius 3 is 2.31 bits per heavy atom. The number of benzene rings is 1. The van der Waals surface area contributed by atoms with Gasteiger partial charge in [-0.2, -0.15) is 0 Å². The summed E-state index contributed by atoms with van der Waals surface area (Å²) in [4.78, 5) is 3.75. The van der Waals surface area contributed by atoms with E-state index in [1.807, 2.05) is 0 Å². The molecule has 0 aliphatic rings. The Morgan fingerprint density at radius 1 is 1.15 bits per heavy atom. The summed E-state index contributed by atoms with van der Waals surface area (Å²) in [6.45, 7) is 0. The summed E-state index contributed by atoms with van der Waals surface area (Å²) in [5.41, 5.74) is 10.7. The molecular weight excluding hydrogens is 232 g/mol. The molecule has 70 valence electrons. The van der Waals surface area contributed by atoms with E-state index in [2.05, 4.69) is 4.99 Å². The van der Waals surface area contributed by atoms with Gasteiger partial charge in [0.1, 0.15) is 0 Å². The lowest BCUT2D eigenvalue weighted by Crippen LogP contribution is -2.21. The zero-order valence-electron chi connectivity index (χ0n) is 6.39. The molecule has 0 radical (unpaired) electrons. The van der Waals surface area contributed by atoms with Crippen LogP contribution in [0.3, 0.4) is 0 Å². The molecule has 0 saturated heterocycles. The summed E-state index contributed by atoms with van der Waals surface area (Å²) in [6.07, 6.45) is 0. The van der Waals surface area contributed by atoms with Crippen molar-refractivity contribution in [3.63, 3.8) is 0 Å². The average Bonchev–Trinajstić information content (AvgIpc) is 1.98. The first kappa shape index (κ1) is 10.4. The summed E-state index contributed by atoms with van der Waals surface area (Å²) < 4.78 is 0. The van der Waals surface area contributed by atoms with Crippen molar-refractivity contribution < 1.29 is 0 Å². The Hall–Kier alpha value is -0.640. The number of nitrogens with zero attached hydrogens (tertiary/aromatic N) is 1. The predicted molar refractivity (Wildman–Crippen MR) is 56.9 cm³/mol. The van der Waals surface area contributed by atoms with Gasteiger partial charge in [0, 0.05) is 5.02 Å². The van der Waals surface area contributed by atoms with Crippen LogP contribution in [0, 0.1) is 0 Å². The quantitative estimate of drug-likeness (QED) is 0.449. The van der Waals surface area contributed by atoms with Crippen LogP contribution in [0.5, 0.6) is 0 Å². The highest BCUT2D eigenvalue weighted by molar-refractivity contribution is 6.44. The van der Waals surface area contributed by atoms with Gasteiger partial charge in [-0.1, -0.05) is 34.8 Å². The molecule has 1 aromatic rings. The molecular formula is C7H6Cl3N3. The fourth-order valence-electron chi connectivity index (χ4n) is 0.763. The maximum Gasteiger partial charge on any atom is 0.191 e. The lowest BCUT2D eigenvalue weighted by molar-refractivity contribution is 1.42. The van der Waals surface area contributed by atoms with E-state index in [1.165, 1.54) is 12.1 Å². The van der Waals surface area contributed by atoms with Crippen molar-refractivity contribution in [2.24, 2.45) is 16.5 Å². The van der Waals surface area contributed by atoms with Gasteiger partial charge in [-0.15, -0.1) is 0 Å². The molecule has 0 bridgehead atoms. The molecule has 0 aliphatic carbocycles. The Labute approximate surface area is 90.3 Å². The highest BCUT2D eigenvalue weighted by Gasteiger charge is 2.05. The Balaban J connectivity index is 3.28. The standard InChI is InChI=1S/C7H6Cl3N3/c8-3-1-4(9)6(10)5(2-3)13-7(11)12/h1-2H,(H4,11,12,13). The minimum Gasteiger partial charge on any atom is -0.370 e. The molecule has 0 fully saturated rings. The maximum atomic E-state index is 5.80. The third-order valence-electron chi connectivity index (χ3n) is 1.22. The fourth-order valence-corrected chi connectivity index (χ4v) is 1.40. The monoisotopic (exact) mass is 237 g/mol. The van der Waals surface area contributed by atoms with Crippen LogP contribution in [0.25, 0.3) is 0 Å². The molecule has 0 unspecified atom stereocenters.